The first-order valence-corrected chi connectivity index (χ1v) is 7.10. The van der Waals surface area contributed by atoms with E-state index in [-0.39, 0.29) is 5.91 Å². The fraction of sp³-hybridized carbons (Fsp3) is 0.375. The van der Waals surface area contributed by atoms with E-state index in [4.69, 9.17) is 0 Å². The van der Waals surface area contributed by atoms with Gasteiger partial charge in [-0.15, -0.1) is 0 Å². The quantitative estimate of drug-likeness (QED) is 0.921. The van der Waals surface area contributed by atoms with Crippen LogP contribution in [0.15, 0.2) is 30.6 Å². The second-order valence-electron chi connectivity index (χ2n) is 5.30. The number of carbonyl (C=O) groups excluding carboxylic acids is 1. The Morgan fingerprint density at radius 3 is 3.00 bits per heavy atom. The highest BCUT2D eigenvalue weighted by Crippen LogP contribution is 2.22. The molecule has 0 fully saturated rings. The molecule has 1 aliphatic carbocycles. The van der Waals surface area contributed by atoms with Crippen LogP contribution < -0.4 is 5.32 Å². The largest absolute Gasteiger partial charge is 0.352 e. The van der Waals surface area contributed by atoms with E-state index in [0.29, 0.717) is 6.54 Å². The van der Waals surface area contributed by atoms with E-state index in [9.17, 15) is 4.79 Å². The maximum atomic E-state index is 12.1. The zero-order chi connectivity index (χ0) is 13.9. The van der Waals surface area contributed by atoms with Crippen molar-refractivity contribution in [3.05, 3.63) is 53.1 Å². The van der Waals surface area contributed by atoms with Crippen molar-refractivity contribution in [2.45, 2.75) is 25.7 Å². The normalized spacial score (nSPS) is 13.2. The van der Waals surface area contributed by atoms with Gasteiger partial charge in [-0.1, -0.05) is 6.07 Å². The molecule has 1 aliphatic rings. The number of aryl methyl sites for hydroxylation is 3. The number of hydrogen-bond donors (Lipinski definition) is 1. The van der Waals surface area contributed by atoms with Crippen molar-refractivity contribution >= 4 is 5.91 Å². The lowest BCUT2D eigenvalue weighted by Gasteiger charge is -2.07. The molecule has 1 amide bonds. The molecular weight excluding hydrogens is 250 g/mol. The van der Waals surface area contributed by atoms with Gasteiger partial charge in [0.25, 0.3) is 5.91 Å². The second kappa shape index (κ2) is 5.49. The van der Waals surface area contributed by atoms with Crippen LogP contribution in [0.4, 0.5) is 0 Å². The molecule has 4 heteroatoms. The number of carbonyl (C=O) groups is 1. The molecule has 0 atom stereocenters. The lowest BCUT2D eigenvalue weighted by molar-refractivity contribution is 0.0954. The summed E-state index contributed by atoms with van der Waals surface area (Å²) in [6.45, 7) is 0.612. The zero-order valence-electron chi connectivity index (χ0n) is 11.7. The second-order valence-corrected chi connectivity index (χ2v) is 5.30. The van der Waals surface area contributed by atoms with Gasteiger partial charge in [-0.25, -0.2) is 4.98 Å². The molecule has 1 aromatic heterocycles. The predicted octanol–water partition coefficient (Wildman–Crippen LogP) is 1.88. The number of amides is 1. The smallest absolute Gasteiger partial charge is 0.251 e. The summed E-state index contributed by atoms with van der Waals surface area (Å²) in [6.07, 6.45) is 7.90. The summed E-state index contributed by atoms with van der Waals surface area (Å²) in [4.78, 5) is 16.4. The summed E-state index contributed by atoms with van der Waals surface area (Å²) in [5.41, 5.74) is 3.50. The molecule has 0 spiro atoms. The fourth-order valence-electron chi connectivity index (χ4n) is 2.74. The summed E-state index contributed by atoms with van der Waals surface area (Å²) in [6, 6.07) is 6.06. The Balaban J connectivity index is 1.58. The van der Waals surface area contributed by atoms with Crippen molar-refractivity contribution < 1.29 is 4.79 Å². The van der Waals surface area contributed by atoms with Gasteiger partial charge in [0.05, 0.1) is 0 Å². The van der Waals surface area contributed by atoms with E-state index in [2.05, 4.69) is 16.4 Å². The SMILES string of the molecule is Cn1ccnc1CCNC(=O)c1ccc2c(c1)CCC2. The molecule has 0 saturated carbocycles. The van der Waals surface area contributed by atoms with Gasteiger partial charge in [0.15, 0.2) is 0 Å². The van der Waals surface area contributed by atoms with Gasteiger partial charge >= 0.3 is 0 Å². The van der Waals surface area contributed by atoms with Crippen LogP contribution in [0.5, 0.6) is 0 Å². The van der Waals surface area contributed by atoms with Crippen LogP contribution in [-0.4, -0.2) is 22.0 Å². The van der Waals surface area contributed by atoms with Crippen LogP contribution in [0.3, 0.4) is 0 Å². The number of imidazole rings is 1. The predicted molar refractivity (Wildman–Crippen MR) is 77.7 cm³/mol. The summed E-state index contributed by atoms with van der Waals surface area (Å²) in [5.74, 6) is 0.994. The fourth-order valence-corrected chi connectivity index (χ4v) is 2.74. The van der Waals surface area contributed by atoms with E-state index in [1.807, 2.05) is 29.9 Å². The molecule has 1 aromatic carbocycles. The van der Waals surface area contributed by atoms with Crippen LogP contribution >= 0.6 is 0 Å². The number of rotatable bonds is 4. The summed E-state index contributed by atoms with van der Waals surface area (Å²) >= 11 is 0. The minimum absolute atomic E-state index is 0.00825. The first-order chi connectivity index (χ1) is 9.74. The number of aromatic nitrogens is 2. The molecule has 104 valence electrons. The lowest BCUT2D eigenvalue weighted by Crippen LogP contribution is -2.26. The van der Waals surface area contributed by atoms with Gasteiger partial charge in [-0.2, -0.15) is 0 Å². The van der Waals surface area contributed by atoms with Crippen molar-refractivity contribution in [2.75, 3.05) is 6.54 Å². The summed E-state index contributed by atoms with van der Waals surface area (Å²) in [7, 11) is 1.96. The van der Waals surface area contributed by atoms with Crippen molar-refractivity contribution in [2.24, 2.45) is 7.05 Å². The van der Waals surface area contributed by atoms with Crippen molar-refractivity contribution in [1.29, 1.82) is 0 Å². The minimum atomic E-state index is 0.00825. The van der Waals surface area contributed by atoms with E-state index in [1.54, 1.807) is 6.20 Å². The Kier molecular flexibility index (Phi) is 3.54. The molecule has 0 unspecified atom stereocenters. The summed E-state index contributed by atoms with van der Waals surface area (Å²) < 4.78 is 1.97. The van der Waals surface area contributed by atoms with Crippen molar-refractivity contribution in [3.8, 4) is 0 Å². The number of nitrogens with one attached hydrogen (secondary N) is 1. The Hall–Kier alpha value is -2.10. The van der Waals surface area contributed by atoms with Crippen LogP contribution in [0.25, 0.3) is 0 Å². The van der Waals surface area contributed by atoms with Crippen molar-refractivity contribution in [3.63, 3.8) is 0 Å². The van der Waals surface area contributed by atoms with Crippen molar-refractivity contribution in [1.82, 2.24) is 14.9 Å². The average Bonchev–Trinajstić information content (AvgIpc) is 3.07. The zero-order valence-corrected chi connectivity index (χ0v) is 11.7. The van der Waals surface area contributed by atoms with E-state index >= 15 is 0 Å². The Labute approximate surface area is 118 Å². The first-order valence-electron chi connectivity index (χ1n) is 7.10. The highest BCUT2D eigenvalue weighted by atomic mass is 16.1. The molecule has 0 aliphatic heterocycles. The molecule has 3 rings (SSSR count). The lowest BCUT2D eigenvalue weighted by atomic mass is 10.1. The third-order valence-electron chi connectivity index (χ3n) is 3.92. The van der Waals surface area contributed by atoms with Gasteiger partial charge in [0, 0.05) is 38.0 Å². The third-order valence-corrected chi connectivity index (χ3v) is 3.92. The van der Waals surface area contributed by atoms with Gasteiger partial charge in [0.2, 0.25) is 0 Å². The van der Waals surface area contributed by atoms with Gasteiger partial charge < -0.3 is 9.88 Å². The number of nitrogens with zero attached hydrogens (tertiary/aromatic N) is 2. The molecule has 2 aromatic rings. The summed E-state index contributed by atoms with van der Waals surface area (Å²) in [5, 5.41) is 2.96. The molecule has 0 saturated heterocycles. The monoisotopic (exact) mass is 269 g/mol. The Morgan fingerprint density at radius 2 is 2.20 bits per heavy atom. The number of benzene rings is 1. The number of fused-ring (bicyclic) bond motifs is 1. The number of hydrogen-bond acceptors (Lipinski definition) is 2. The molecule has 4 nitrogen and oxygen atoms in total. The minimum Gasteiger partial charge on any atom is -0.352 e. The van der Waals surface area contributed by atoms with E-state index in [1.165, 1.54) is 17.5 Å². The highest BCUT2D eigenvalue weighted by Gasteiger charge is 2.13. The molecule has 0 bridgehead atoms. The standard InChI is InChI=1S/C16H19N3O/c1-19-10-9-17-15(19)7-8-18-16(20)14-6-5-12-3-2-4-13(12)11-14/h5-6,9-11H,2-4,7-8H2,1H3,(H,18,20). The van der Waals surface area contributed by atoms with E-state index in [0.717, 1.165) is 30.7 Å². The first kappa shape index (κ1) is 12.9. The molecule has 1 heterocycles. The van der Waals surface area contributed by atoms with Gasteiger partial charge in [0.1, 0.15) is 5.82 Å². The van der Waals surface area contributed by atoms with Gasteiger partial charge in [-0.3, -0.25) is 4.79 Å². The van der Waals surface area contributed by atoms with Crippen LogP contribution in [0, 0.1) is 0 Å². The molecule has 20 heavy (non-hydrogen) atoms. The Bertz CT molecular complexity index is 630. The van der Waals surface area contributed by atoms with E-state index < -0.39 is 0 Å². The molecule has 0 radical (unpaired) electrons. The Morgan fingerprint density at radius 1 is 1.35 bits per heavy atom. The topological polar surface area (TPSA) is 46.9 Å². The molecular formula is C16H19N3O. The molecule has 1 N–H and O–H groups in total. The third kappa shape index (κ3) is 2.59. The van der Waals surface area contributed by atoms with Crippen LogP contribution in [0.2, 0.25) is 0 Å². The van der Waals surface area contributed by atoms with Gasteiger partial charge in [-0.05, 0) is 42.5 Å². The highest BCUT2D eigenvalue weighted by molar-refractivity contribution is 5.94. The van der Waals surface area contributed by atoms with Crippen LogP contribution in [0.1, 0.15) is 33.7 Å². The average molecular weight is 269 g/mol. The van der Waals surface area contributed by atoms with Crippen LogP contribution in [-0.2, 0) is 26.3 Å². The maximum Gasteiger partial charge on any atom is 0.251 e. The maximum absolute atomic E-state index is 12.1.